The minimum Gasteiger partial charge on any atom is -0.481 e. The van der Waals surface area contributed by atoms with Crippen LogP contribution in [0.2, 0.25) is 0 Å². The number of carboxylic acid groups (broad SMARTS) is 1. The van der Waals surface area contributed by atoms with E-state index in [4.69, 9.17) is 5.11 Å². The van der Waals surface area contributed by atoms with Crippen molar-refractivity contribution in [3.05, 3.63) is 36.0 Å². The van der Waals surface area contributed by atoms with Crippen molar-refractivity contribution < 1.29 is 19.1 Å². The molecule has 0 atom stereocenters. The van der Waals surface area contributed by atoms with Gasteiger partial charge < -0.3 is 14.8 Å². The van der Waals surface area contributed by atoms with Crippen molar-refractivity contribution in [3.63, 3.8) is 0 Å². The Labute approximate surface area is 158 Å². The molecule has 0 unspecified atom stereocenters. The third-order valence-corrected chi connectivity index (χ3v) is 4.45. The van der Waals surface area contributed by atoms with E-state index in [0.29, 0.717) is 17.9 Å². The Kier molecular flexibility index (Phi) is 8.74. The van der Waals surface area contributed by atoms with Crippen LogP contribution in [0, 0.1) is 5.82 Å². The second-order valence-electron chi connectivity index (χ2n) is 6.84. The van der Waals surface area contributed by atoms with E-state index in [9.17, 15) is 14.0 Å². The molecule has 148 valence electrons. The van der Waals surface area contributed by atoms with Crippen molar-refractivity contribution in [3.8, 4) is 0 Å². The molecular formula is C20H28FN3O3. The van der Waals surface area contributed by atoms with E-state index in [-0.39, 0.29) is 24.6 Å². The topological polar surface area (TPSA) is 83.7 Å². The van der Waals surface area contributed by atoms with Crippen LogP contribution in [0.1, 0.15) is 63.5 Å². The minimum absolute atomic E-state index is 0.0719. The van der Waals surface area contributed by atoms with Gasteiger partial charge in [0.15, 0.2) is 0 Å². The summed E-state index contributed by atoms with van der Waals surface area (Å²) in [5.74, 6) is -1.12. The van der Waals surface area contributed by atoms with E-state index in [1.165, 1.54) is 12.3 Å². The fraction of sp³-hybridized carbons (Fsp3) is 0.550. The number of rotatable bonds is 13. The molecule has 0 bridgehead atoms. The molecular weight excluding hydrogens is 349 g/mol. The fourth-order valence-electron chi connectivity index (χ4n) is 3.02. The zero-order chi connectivity index (χ0) is 19.5. The molecule has 2 rings (SSSR count). The predicted molar refractivity (Wildman–Crippen MR) is 101 cm³/mol. The van der Waals surface area contributed by atoms with Gasteiger partial charge in [-0.25, -0.2) is 9.37 Å². The van der Waals surface area contributed by atoms with Gasteiger partial charge in [-0.05, 0) is 25.0 Å². The summed E-state index contributed by atoms with van der Waals surface area (Å²) in [6, 6.07) is 2.94. The van der Waals surface area contributed by atoms with Crippen molar-refractivity contribution >= 4 is 17.5 Å². The highest BCUT2D eigenvalue weighted by Gasteiger charge is 2.07. The zero-order valence-corrected chi connectivity index (χ0v) is 15.6. The molecule has 0 aliphatic carbocycles. The second-order valence-corrected chi connectivity index (χ2v) is 6.84. The molecule has 0 radical (unpaired) electrons. The molecule has 0 aromatic carbocycles. The largest absolute Gasteiger partial charge is 0.481 e. The van der Waals surface area contributed by atoms with E-state index in [1.54, 1.807) is 16.7 Å². The van der Waals surface area contributed by atoms with Gasteiger partial charge in [0.25, 0.3) is 0 Å². The molecule has 0 spiro atoms. The standard InChI is InChI=1S/C20H28FN3O3/c21-16-10-11-18-23-17(15-24(18)14-16)13-19(25)22-12-8-6-4-2-1-3-5-7-9-20(26)27/h10-11,14-15H,1-9,12-13H2,(H,22,25)(H,26,27). The molecule has 7 heteroatoms. The van der Waals surface area contributed by atoms with Gasteiger partial charge in [0, 0.05) is 25.4 Å². The molecule has 27 heavy (non-hydrogen) atoms. The summed E-state index contributed by atoms with van der Waals surface area (Å²) in [4.78, 5) is 26.7. The number of carboxylic acids is 1. The Bertz CT molecular complexity index is 745. The van der Waals surface area contributed by atoms with Crippen LogP contribution in [-0.2, 0) is 16.0 Å². The maximum atomic E-state index is 13.2. The molecule has 0 saturated carbocycles. The number of fused-ring (bicyclic) bond motifs is 1. The number of unbranched alkanes of at least 4 members (excludes halogenated alkanes) is 7. The fourth-order valence-corrected chi connectivity index (χ4v) is 3.02. The number of aliphatic carboxylic acids is 1. The molecule has 0 aliphatic rings. The Hall–Kier alpha value is -2.44. The third kappa shape index (κ3) is 8.19. The lowest BCUT2D eigenvalue weighted by atomic mass is 10.1. The van der Waals surface area contributed by atoms with Crippen LogP contribution in [0.5, 0.6) is 0 Å². The van der Waals surface area contributed by atoms with Gasteiger partial charge in [0.05, 0.1) is 12.1 Å². The van der Waals surface area contributed by atoms with Crippen LogP contribution in [0.15, 0.2) is 24.5 Å². The third-order valence-electron chi connectivity index (χ3n) is 4.45. The predicted octanol–water partition coefficient (Wildman–Crippen LogP) is 3.73. The second kappa shape index (κ2) is 11.3. The van der Waals surface area contributed by atoms with Crippen molar-refractivity contribution in [1.29, 1.82) is 0 Å². The maximum Gasteiger partial charge on any atom is 0.303 e. The molecule has 2 N–H and O–H groups in total. The lowest BCUT2D eigenvalue weighted by molar-refractivity contribution is -0.137. The van der Waals surface area contributed by atoms with Crippen molar-refractivity contribution in [2.45, 2.75) is 64.2 Å². The number of halogens is 1. The van der Waals surface area contributed by atoms with Gasteiger partial charge in [0.1, 0.15) is 11.5 Å². The summed E-state index contributed by atoms with van der Waals surface area (Å²) >= 11 is 0. The van der Waals surface area contributed by atoms with Crippen molar-refractivity contribution in [2.24, 2.45) is 0 Å². The lowest BCUT2D eigenvalue weighted by Gasteiger charge is -2.04. The highest BCUT2D eigenvalue weighted by atomic mass is 19.1. The van der Waals surface area contributed by atoms with Crippen LogP contribution in [0.25, 0.3) is 5.65 Å². The summed E-state index contributed by atoms with van der Waals surface area (Å²) in [5, 5.41) is 11.5. The Morgan fingerprint density at radius 2 is 1.67 bits per heavy atom. The molecule has 2 heterocycles. The number of carbonyl (C=O) groups excluding carboxylic acids is 1. The van der Waals surface area contributed by atoms with E-state index < -0.39 is 5.97 Å². The first kappa shape index (κ1) is 20.9. The van der Waals surface area contributed by atoms with E-state index >= 15 is 0 Å². The smallest absolute Gasteiger partial charge is 0.303 e. The van der Waals surface area contributed by atoms with Crippen LogP contribution >= 0.6 is 0 Å². The average Bonchev–Trinajstić information content (AvgIpc) is 3.00. The quantitative estimate of drug-likeness (QED) is 0.521. The normalized spacial score (nSPS) is 11.0. The Balaban J connectivity index is 1.49. The molecule has 2 aromatic heterocycles. The maximum absolute atomic E-state index is 13.2. The van der Waals surface area contributed by atoms with Crippen LogP contribution in [-0.4, -0.2) is 32.9 Å². The van der Waals surface area contributed by atoms with Crippen LogP contribution < -0.4 is 5.32 Å². The first-order valence-corrected chi connectivity index (χ1v) is 9.66. The minimum atomic E-state index is -0.716. The number of imidazole rings is 1. The van der Waals surface area contributed by atoms with Crippen LogP contribution in [0.4, 0.5) is 4.39 Å². The van der Waals surface area contributed by atoms with Crippen molar-refractivity contribution in [2.75, 3.05) is 6.54 Å². The SMILES string of the molecule is O=C(O)CCCCCCCCCCNC(=O)Cc1cn2cc(F)ccc2n1. The lowest BCUT2D eigenvalue weighted by Crippen LogP contribution is -2.26. The van der Waals surface area contributed by atoms with Gasteiger partial charge in [0.2, 0.25) is 5.91 Å². The summed E-state index contributed by atoms with van der Waals surface area (Å²) < 4.78 is 14.7. The van der Waals surface area contributed by atoms with E-state index in [0.717, 1.165) is 51.4 Å². The highest BCUT2D eigenvalue weighted by Crippen LogP contribution is 2.10. The summed E-state index contributed by atoms with van der Waals surface area (Å²) in [7, 11) is 0. The van der Waals surface area contributed by atoms with E-state index in [1.807, 2.05) is 0 Å². The Morgan fingerprint density at radius 1 is 1.00 bits per heavy atom. The number of aromatic nitrogens is 2. The highest BCUT2D eigenvalue weighted by molar-refractivity contribution is 5.78. The monoisotopic (exact) mass is 377 g/mol. The first-order chi connectivity index (χ1) is 13.0. The first-order valence-electron chi connectivity index (χ1n) is 9.66. The molecule has 0 fully saturated rings. The summed E-state index contributed by atoms with van der Waals surface area (Å²) in [5.41, 5.74) is 1.25. The molecule has 0 aliphatic heterocycles. The van der Waals surface area contributed by atoms with Gasteiger partial charge in [-0.15, -0.1) is 0 Å². The molecule has 0 saturated heterocycles. The average molecular weight is 377 g/mol. The number of hydrogen-bond donors (Lipinski definition) is 2. The zero-order valence-electron chi connectivity index (χ0n) is 15.6. The molecule has 6 nitrogen and oxygen atoms in total. The number of pyridine rings is 1. The Morgan fingerprint density at radius 3 is 2.37 bits per heavy atom. The number of nitrogens with one attached hydrogen (secondary N) is 1. The van der Waals surface area contributed by atoms with Gasteiger partial charge in [-0.2, -0.15) is 0 Å². The number of nitrogens with zero attached hydrogens (tertiary/aromatic N) is 2. The van der Waals surface area contributed by atoms with E-state index in [2.05, 4.69) is 10.3 Å². The van der Waals surface area contributed by atoms with Gasteiger partial charge in [-0.3, -0.25) is 9.59 Å². The number of hydrogen-bond acceptors (Lipinski definition) is 3. The van der Waals surface area contributed by atoms with Crippen molar-refractivity contribution in [1.82, 2.24) is 14.7 Å². The number of amides is 1. The summed E-state index contributed by atoms with van der Waals surface area (Å²) in [6.07, 6.45) is 11.8. The molecule has 1 amide bonds. The van der Waals surface area contributed by atoms with Gasteiger partial charge in [-0.1, -0.05) is 38.5 Å². The number of carbonyl (C=O) groups is 2. The summed E-state index contributed by atoms with van der Waals surface area (Å²) in [6.45, 7) is 0.652. The molecule has 2 aromatic rings. The van der Waals surface area contributed by atoms with Crippen LogP contribution in [0.3, 0.4) is 0 Å². The van der Waals surface area contributed by atoms with Gasteiger partial charge >= 0.3 is 5.97 Å².